The Morgan fingerprint density at radius 1 is 0.875 bits per heavy atom. The Kier molecular flexibility index (Phi) is 2.22. The van der Waals surface area contributed by atoms with Crippen molar-refractivity contribution in [2.24, 2.45) is 15.9 Å². The van der Waals surface area contributed by atoms with Crippen molar-refractivity contribution >= 4 is 22.2 Å². The molecule has 0 saturated heterocycles. The number of aliphatic imine (C=N–C) groups is 2. The molecule has 1 heterocycles. The Morgan fingerprint density at radius 2 is 1.79 bits per heavy atom. The first-order valence-corrected chi connectivity index (χ1v) is 8.36. The van der Waals surface area contributed by atoms with Crippen molar-refractivity contribution in [2.45, 2.75) is 6.04 Å². The summed E-state index contributed by atoms with van der Waals surface area (Å²) in [6.45, 7) is 0. The number of allylic oxidation sites excluding steroid dienone is 7. The van der Waals surface area contributed by atoms with Gasteiger partial charge in [0.15, 0.2) is 0 Å². The smallest absolute Gasteiger partial charge is 0.119 e. The van der Waals surface area contributed by atoms with E-state index < -0.39 is 0 Å². The Morgan fingerprint density at radius 3 is 2.75 bits per heavy atom. The standard InChI is InChI=1S/C22H14N2/c1-2-8-15-13(5-1)11-12-18-20(15)24-22-17-10-4-7-14-6-3-9-16(19(14)17)21(22)23-18/h1-13,21H. The molecule has 2 atom stereocenters. The lowest BCUT2D eigenvalue weighted by Crippen LogP contribution is -2.21. The minimum Gasteiger partial charge on any atom is -0.269 e. The van der Waals surface area contributed by atoms with Crippen LogP contribution in [0.15, 0.2) is 94.1 Å². The third kappa shape index (κ3) is 1.46. The fraction of sp³-hybridized carbons (Fsp3) is 0.0909. The summed E-state index contributed by atoms with van der Waals surface area (Å²) in [5, 5.41) is 2.59. The van der Waals surface area contributed by atoms with Crippen LogP contribution in [0.5, 0.6) is 0 Å². The maximum atomic E-state index is 5.12. The third-order valence-electron chi connectivity index (χ3n) is 5.31. The highest BCUT2D eigenvalue weighted by Gasteiger charge is 2.35. The Balaban J connectivity index is 1.66. The van der Waals surface area contributed by atoms with Crippen LogP contribution in [0, 0.1) is 5.92 Å². The van der Waals surface area contributed by atoms with Crippen molar-refractivity contribution in [3.8, 4) is 0 Å². The third-order valence-corrected chi connectivity index (χ3v) is 5.31. The number of benzene rings is 2. The fourth-order valence-electron chi connectivity index (χ4n) is 4.23. The van der Waals surface area contributed by atoms with Crippen LogP contribution >= 0.6 is 0 Å². The monoisotopic (exact) mass is 306 g/mol. The van der Waals surface area contributed by atoms with Crippen molar-refractivity contribution in [3.05, 3.63) is 95.3 Å². The van der Waals surface area contributed by atoms with Crippen molar-refractivity contribution in [1.29, 1.82) is 0 Å². The summed E-state index contributed by atoms with van der Waals surface area (Å²) in [7, 11) is 0. The molecule has 0 N–H and O–H groups in total. The highest BCUT2D eigenvalue weighted by atomic mass is 15.0. The van der Waals surface area contributed by atoms with Gasteiger partial charge < -0.3 is 0 Å². The van der Waals surface area contributed by atoms with Crippen molar-refractivity contribution in [2.75, 3.05) is 0 Å². The zero-order valence-electron chi connectivity index (χ0n) is 13.0. The second kappa shape index (κ2) is 4.30. The van der Waals surface area contributed by atoms with Gasteiger partial charge in [0.25, 0.3) is 0 Å². The lowest BCUT2D eigenvalue weighted by atomic mass is 9.86. The molecule has 0 spiro atoms. The van der Waals surface area contributed by atoms with Crippen LogP contribution in [0.1, 0.15) is 17.2 Å². The van der Waals surface area contributed by atoms with Gasteiger partial charge in [-0.15, -0.1) is 0 Å². The van der Waals surface area contributed by atoms with Crippen LogP contribution in [-0.4, -0.2) is 11.4 Å². The van der Waals surface area contributed by atoms with Gasteiger partial charge >= 0.3 is 0 Å². The van der Waals surface area contributed by atoms with Crippen molar-refractivity contribution < 1.29 is 0 Å². The van der Waals surface area contributed by atoms with E-state index in [4.69, 9.17) is 9.98 Å². The molecule has 2 nitrogen and oxygen atoms in total. The highest BCUT2D eigenvalue weighted by molar-refractivity contribution is 6.25. The minimum atomic E-state index is 0.0368. The summed E-state index contributed by atoms with van der Waals surface area (Å²) < 4.78 is 0. The quantitative estimate of drug-likeness (QED) is 0.674. The first kappa shape index (κ1) is 12.4. The normalized spacial score (nSPS) is 25.3. The van der Waals surface area contributed by atoms with Crippen LogP contribution < -0.4 is 0 Å². The number of hydrogen-bond donors (Lipinski definition) is 0. The summed E-state index contributed by atoms with van der Waals surface area (Å²) in [6.07, 6.45) is 12.9. The van der Waals surface area contributed by atoms with Gasteiger partial charge in [-0.05, 0) is 28.0 Å². The van der Waals surface area contributed by atoms with E-state index in [0.29, 0.717) is 5.92 Å². The Bertz CT molecular complexity index is 1100. The lowest BCUT2D eigenvalue weighted by Gasteiger charge is -2.25. The Labute approximate surface area is 140 Å². The molecule has 2 aromatic carbocycles. The average molecular weight is 306 g/mol. The molecule has 0 amide bonds. The summed E-state index contributed by atoms with van der Waals surface area (Å²) in [5.74, 6) is 0.324. The molecule has 0 fully saturated rings. The molecule has 6 rings (SSSR count). The van der Waals surface area contributed by atoms with Crippen LogP contribution in [-0.2, 0) is 0 Å². The molecule has 0 aromatic heterocycles. The van der Waals surface area contributed by atoms with Gasteiger partial charge in [-0.3, -0.25) is 4.99 Å². The Hall–Kier alpha value is -3.00. The first-order valence-electron chi connectivity index (χ1n) is 8.36. The summed E-state index contributed by atoms with van der Waals surface area (Å²) >= 11 is 0. The van der Waals surface area contributed by atoms with Crippen molar-refractivity contribution in [1.82, 2.24) is 0 Å². The molecular weight excluding hydrogens is 292 g/mol. The molecule has 2 heteroatoms. The van der Waals surface area contributed by atoms with Gasteiger partial charge in [0.2, 0.25) is 0 Å². The number of hydrogen-bond acceptors (Lipinski definition) is 2. The molecule has 24 heavy (non-hydrogen) atoms. The molecule has 2 unspecified atom stereocenters. The molecule has 3 aliphatic carbocycles. The second-order valence-electron chi connectivity index (χ2n) is 6.60. The molecule has 2 aromatic rings. The van der Waals surface area contributed by atoms with Gasteiger partial charge in [0.1, 0.15) is 6.04 Å². The number of fused-ring (bicyclic) bond motifs is 5. The molecule has 4 aliphatic rings. The van der Waals surface area contributed by atoms with Gasteiger partial charge in [-0.1, -0.05) is 66.8 Å². The number of rotatable bonds is 0. The molecule has 112 valence electrons. The van der Waals surface area contributed by atoms with E-state index in [9.17, 15) is 0 Å². The molecule has 0 radical (unpaired) electrons. The van der Waals surface area contributed by atoms with E-state index in [-0.39, 0.29) is 6.04 Å². The van der Waals surface area contributed by atoms with Gasteiger partial charge in [0, 0.05) is 11.5 Å². The van der Waals surface area contributed by atoms with Crippen LogP contribution in [0.3, 0.4) is 0 Å². The van der Waals surface area contributed by atoms with Crippen molar-refractivity contribution in [3.63, 3.8) is 0 Å². The van der Waals surface area contributed by atoms with E-state index in [1.165, 1.54) is 27.5 Å². The molecule has 1 aliphatic heterocycles. The summed E-state index contributed by atoms with van der Waals surface area (Å²) in [5.41, 5.74) is 6.94. The van der Waals surface area contributed by atoms with E-state index in [1.807, 2.05) is 0 Å². The maximum Gasteiger partial charge on any atom is 0.119 e. The predicted octanol–water partition coefficient (Wildman–Crippen LogP) is 4.70. The zero-order chi connectivity index (χ0) is 15.7. The average Bonchev–Trinajstić information content (AvgIpc) is 2.96. The van der Waals surface area contributed by atoms with Crippen LogP contribution in [0.25, 0.3) is 10.8 Å². The summed E-state index contributed by atoms with van der Waals surface area (Å²) in [4.78, 5) is 10.2. The second-order valence-corrected chi connectivity index (χ2v) is 6.60. The van der Waals surface area contributed by atoms with Gasteiger partial charge in [0.05, 0.1) is 17.1 Å². The van der Waals surface area contributed by atoms with Crippen LogP contribution in [0.4, 0.5) is 0 Å². The van der Waals surface area contributed by atoms with E-state index in [1.54, 1.807) is 0 Å². The first-order chi connectivity index (χ1) is 11.9. The SMILES string of the molecule is C1=CC2=C3N=C4c5cccc6cccc(c56)C4N=C3C=CC2C=C1. The molecule has 0 saturated carbocycles. The summed E-state index contributed by atoms with van der Waals surface area (Å²) in [6, 6.07) is 13.0. The van der Waals surface area contributed by atoms with E-state index in [2.05, 4.69) is 72.9 Å². The largest absolute Gasteiger partial charge is 0.269 e. The van der Waals surface area contributed by atoms with Crippen LogP contribution in [0.2, 0.25) is 0 Å². The minimum absolute atomic E-state index is 0.0368. The van der Waals surface area contributed by atoms with E-state index in [0.717, 1.165) is 17.1 Å². The van der Waals surface area contributed by atoms with Gasteiger partial charge in [-0.2, -0.15) is 0 Å². The predicted molar refractivity (Wildman–Crippen MR) is 98.6 cm³/mol. The van der Waals surface area contributed by atoms with E-state index >= 15 is 0 Å². The molecular formula is C22H14N2. The fourth-order valence-corrected chi connectivity index (χ4v) is 4.23. The number of nitrogens with zero attached hydrogens (tertiary/aromatic N) is 2. The van der Waals surface area contributed by atoms with Gasteiger partial charge in [-0.25, -0.2) is 4.99 Å². The zero-order valence-corrected chi connectivity index (χ0v) is 13.0. The molecule has 0 bridgehead atoms. The maximum absolute atomic E-state index is 5.12. The lowest BCUT2D eigenvalue weighted by molar-refractivity contribution is 0.925. The topological polar surface area (TPSA) is 24.7 Å². The highest BCUT2D eigenvalue weighted by Crippen LogP contribution is 2.43.